The zero-order chi connectivity index (χ0) is 14.8. The van der Waals surface area contributed by atoms with E-state index >= 15 is 0 Å². The lowest BCUT2D eigenvalue weighted by atomic mass is 10.1. The standard InChI is InChI=1S/C9H5ClF5NO3/c10-2-3-1-4(19-9(13,14)15)5(8(17)18)6(16-3)7(11)12/h1,7H,2H2,(H,17,18). The van der Waals surface area contributed by atoms with Crippen molar-refractivity contribution in [1.29, 1.82) is 0 Å². The van der Waals surface area contributed by atoms with Crippen LogP contribution >= 0.6 is 11.6 Å². The third-order valence-electron chi connectivity index (χ3n) is 1.85. The Bertz CT molecular complexity index is 491. The number of halogens is 6. The van der Waals surface area contributed by atoms with E-state index in [1.54, 1.807) is 0 Å². The van der Waals surface area contributed by atoms with E-state index in [-0.39, 0.29) is 5.69 Å². The van der Waals surface area contributed by atoms with Gasteiger partial charge in [-0.15, -0.1) is 24.8 Å². The number of alkyl halides is 6. The van der Waals surface area contributed by atoms with Crippen LogP contribution in [0.3, 0.4) is 0 Å². The molecular formula is C9H5ClF5NO3. The lowest BCUT2D eigenvalue weighted by molar-refractivity contribution is -0.274. The number of aromatic carboxylic acids is 1. The number of carbonyl (C=O) groups is 1. The van der Waals surface area contributed by atoms with Crippen molar-refractivity contribution in [2.45, 2.75) is 18.7 Å². The van der Waals surface area contributed by atoms with Gasteiger partial charge in [0.25, 0.3) is 6.43 Å². The first-order valence-electron chi connectivity index (χ1n) is 4.52. The summed E-state index contributed by atoms with van der Waals surface area (Å²) in [5.74, 6) is -3.77. The summed E-state index contributed by atoms with van der Waals surface area (Å²) in [6, 6.07) is 0.551. The molecule has 0 aliphatic rings. The Balaban J connectivity index is 3.48. The van der Waals surface area contributed by atoms with Crippen molar-refractivity contribution < 1.29 is 36.6 Å². The summed E-state index contributed by atoms with van der Waals surface area (Å²) < 4.78 is 64.9. The molecule has 0 saturated carbocycles. The fourth-order valence-electron chi connectivity index (χ4n) is 1.24. The van der Waals surface area contributed by atoms with Gasteiger partial charge in [0.05, 0.1) is 11.6 Å². The molecule has 0 bridgehead atoms. The van der Waals surface area contributed by atoms with Crippen molar-refractivity contribution in [3.8, 4) is 5.75 Å². The predicted molar refractivity (Wildman–Crippen MR) is 52.4 cm³/mol. The Hall–Kier alpha value is -1.64. The number of carboxylic acid groups (broad SMARTS) is 1. The van der Waals surface area contributed by atoms with Crippen LogP contribution in [-0.2, 0) is 5.88 Å². The average Bonchev–Trinajstić information content (AvgIpc) is 2.24. The molecule has 0 amide bonds. The zero-order valence-corrected chi connectivity index (χ0v) is 9.60. The summed E-state index contributed by atoms with van der Waals surface area (Å²) >= 11 is 5.29. The molecular weight excluding hydrogens is 301 g/mol. The van der Waals surface area contributed by atoms with Gasteiger partial charge >= 0.3 is 12.3 Å². The third kappa shape index (κ3) is 3.91. The summed E-state index contributed by atoms with van der Waals surface area (Å²) in [6.07, 6.45) is -8.61. The molecule has 1 aromatic rings. The molecule has 4 nitrogen and oxygen atoms in total. The Morgan fingerprint density at radius 2 is 2.05 bits per heavy atom. The maximum absolute atomic E-state index is 12.6. The van der Waals surface area contributed by atoms with E-state index < -0.39 is 41.6 Å². The molecule has 0 atom stereocenters. The maximum atomic E-state index is 12.6. The number of carboxylic acids is 1. The number of aromatic nitrogens is 1. The molecule has 1 rings (SSSR count). The highest BCUT2D eigenvalue weighted by atomic mass is 35.5. The molecule has 19 heavy (non-hydrogen) atoms. The predicted octanol–water partition coefficient (Wildman–Crippen LogP) is 3.35. The quantitative estimate of drug-likeness (QED) is 0.684. The minimum Gasteiger partial charge on any atom is -0.477 e. The fourth-order valence-corrected chi connectivity index (χ4v) is 1.38. The van der Waals surface area contributed by atoms with Crippen LogP contribution in [0.15, 0.2) is 6.07 Å². The van der Waals surface area contributed by atoms with E-state index in [4.69, 9.17) is 16.7 Å². The molecule has 1 N–H and O–H groups in total. The fraction of sp³-hybridized carbons (Fsp3) is 0.333. The molecule has 0 unspecified atom stereocenters. The lowest BCUT2D eigenvalue weighted by Gasteiger charge is -2.14. The maximum Gasteiger partial charge on any atom is 0.573 e. The van der Waals surface area contributed by atoms with Crippen molar-refractivity contribution in [3.05, 3.63) is 23.0 Å². The summed E-state index contributed by atoms with van der Waals surface area (Å²) in [5.41, 5.74) is -3.03. The van der Waals surface area contributed by atoms with Gasteiger partial charge in [0.2, 0.25) is 0 Å². The van der Waals surface area contributed by atoms with Crippen molar-refractivity contribution in [2.75, 3.05) is 0 Å². The van der Waals surface area contributed by atoms with Crippen molar-refractivity contribution in [2.24, 2.45) is 0 Å². The molecule has 1 aromatic heterocycles. The summed E-state index contributed by atoms with van der Waals surface area (Å²) in [4.78, 5) is 14.0. The Morgan fingerprint density at radius 3 is 2.42 bits per heavy atom. The van der Waals surface area contributed by atoms with E-state index in [9.17, 15) is 26.7 Å². The summed E-state index contributed by atoms with van der Waals surface area (Å²) in [6.45, 7) is 0. The molecule has 0 aliphatic heterocycles. The smallest absolute Gasteiger partial charge is 0.477 e. The van der Waals surface area contributed by atoms with E-state index in [1.165, 1.54) is 0 Å². The van der Waals surface area contributed by atoms with Gasteiger partial charge in [-0.3, -0.25) is 0 Å². The van der Waals surface area contributed by atoms with Crippen LogP contribution in [0.2, 0.25) is 0 Å². The second-order valence-electron chi connectivity index (χ2n) is 3.16. The zero-order valence-electron chi connectivity index (χ0n) is 8.84. The van der Waals surface area contributed by atoms with E-state index in [0.29, 0.717) is 6.07 Å². The van der Waals surface area contributed by atoms with Crippen molar-refractivity contribution >= 4 is 17.6 Å². The van der Waals surface area contributed by atoms with Crippen LogP contribution in [0.25, 0.3) is 0 Å². The van der Waals surface area contributed by atoms with E-state index in [2.05, 4.69) is 9.72 Å². The first-order valence-corrected chi connectivity index (χ1v) is 5.06. The molecule has 1 heterocycles. The number of nitrogens with zero attached hydrogens (tertiary/aromatic N) is 1. The number of hydrogen-bond acceptors (Lipinski definition) is 3. The Kier molecular flexibility index (Phi) is 4.51. The van der Waals surface area contributed by atoms with Crippen molar-refractivity contribution in [1.82, 2.24) is 4.98 Å². The number of hydrogen-bond donors (Lipinski definition) is 1. The molecule has 0 aliphatic carbocycles. The van der Waals surface area contributed by atoms with Crippen LogP contribution in [0.4, 0.5) is 22.0 Å². The van der Waals surface area contributed by atoms with Gasteiger partial charge in [0, 0.05) is 6.07 Å². The highest BCUT2D eigenvalue weighted by molar-refractivity contribution is 6.16. The van der Waals surface area contributed by atoms with Gasteiger partial charge in [0.1, 0.15) is 17.0 Å². The number of ether oxygens (including phenoxy) is 1. The van der Waals surface area contributed by atoms with Gasteiger partial charge < -0.3 is 9.84 Å². The van der Waals surface area contributed by atoms with Gasteiger partial charge in [-0.2, -0.15) is 0 Å². The molecule has 0 spiro atoms. The second kappa shape index (κ2) is 5.55. The van der Waals surface area contributed by atoms with Gasteiger partial charge in [-0.25, -0.2) is 18.6 Å². The molecule has 0 saturated heterocycles. The van der Waals surface area contributed by atoms with Crippen LogP contribution in [0.5, 0.6) is 5.75 Å². The van der Waals surface area contributed by atoms with Crippen LogP contribution in [0, 0.1) is 0 Å². The van der Waals surface area contributed by atoms with Crippen LogP contribution in [0.1, 0.15) is 28.2 Å². The normalized spacial score (nSPS) is 11.7. The molecule has 106 valence electrons. The highest BCUT2D eigenvalue weighted by Crippen LogP contribution is 2.33. The summed E-state index contributed by atoms with van der Waals surface area (Å²) in [5, 5.41) is 8.70. The van der Waals surface area contributed by atoms with E-state index in [0.717, 1.165) is 0 Å². The van der Waals surface area contributed by atoms with Crippen LogP contribution < -0.4 is 4.74 Å². The minimum absolute atomic E-state index is 0.360. The van der Waals surface area contributed by atoms with Crippen LogP contribution in [-0.4, -0.2) is 22.4 Å². The molecule has 10 heteroatoms. The Labute approximate surface area is 107 Å². The second-order valence-corrected chi connectivity index (χ2v) is 3.43. The first kappa shape index (κ1) is 15.4. The molecule has 0 radical (unpaired) electrons. The number of pyridine rings is 1. The SMILES string of the molecule is O=C(O)c1c(OC(F)(F)F)cc(CCl)nc1C(F)F. The minimum atomic E-state index is -5.23. The topological polar surface area (TPSA) is 59.4 Å². The van der Waals surface area contributed by atoms with E-state index in [1.807, 2.05) is 0 Å². The Morgan fingerprint density at radius 1 is 1.47 bits per heavy atom. The molecule has 0 fully saturated rings. The highest BCUT2D eigenvalue weighted by Gasteiger charge is 2.35. The van der Waals surface area contributed by atoms with Crippen molar-refractivity contribution in [3.63, 3.8) is 0 Å². The summed E-state index contributed by atoms with van der Waals surface area (Å²) in [7, 11) is 0. The van der Waals surface area contributed by atoms with Gasteiger partial charge in [-0.05, 0) is 0 Å². The number of rotatable bonds is 4. The third-order valence-corrected chi connectivity index (χ3v) is 2.12. The van der Waals surface area contributed by atoms with Gasteiger partial charge in [0.15, 0.2) is 0 Å². The monoisotopic (exact) mass is 305 g/mol. The first-order chi connectivity index (χ1) is 8.65. The largest absolute Gasteiger partial charge is 0.573 e. The molecule has 0 aromatic carbocycles. The average molecular weight is 306 g/mol. The van der Waals surface area contributed by atoms with Gasteiger partial charge in [-0.1, -0.05) is 0 Å². The lowest BCUT2D eigenvalue weighted by Crippen LogP contribution is -2.21.